The number of rotatable bonds is 9. The molecule has 0 aromatic heterocycles. The van der Waals surface area contributed by atoms with Crippen LogP contribution < -0.4 is 0 Å². The summed E-state index contributed by atoms with van der Waals surface area (Å²) >= 11 is 0. The summed E-state index contributed by atoms with van der Waals surface area (Å²) in [6.45, 7) is 5.36. The summed E-state index contributed by atoms with van der Waals surface area (Å²) in [6.07, 6.45) is 2.06. The molecule has 0 spiro atoms. The molecule has 0 rings (SSSR count). The molecule has 106 valence electrons. The van der Waals surface area contributed by atoms with Gasteiger partial charge in [0.15, 0.2) is 0 Å². The first kappa shape index (κ1) is 16.9. The molecule has 0 N–H and O–H groups in total. The zero-order valence-electron chi connectivity index (χ0n) is 11.9. The second-order valence-electron chi connectivity index (χ2n) is 4.33. The summed E-state index contributed by atoms with van der Waals surface area (Å²) in [6, 6.07) is 0. The number of amides is 1. The molecular formula is C13H25NO4. The average molecular weight is 259 g/mol. The molecule has 0 radical (unpaired) electrons. The molecule has 0 aliphatic carbocycles. The van der Waals surface area contributed by atoms with Crippen LogP contribution in [0, 0.1) is 5.92 Å². The lowest BCUT2D eigenvalue weighted by Crippen LogP contribution is -2.39. The van der Waals surface area contributed by atoms with Crippen LogP contribution in [0.15, 0.2) is 0 Å². The molecule has 0 aliphatic rings. The zero-order chi connectivity index (χ0) is 14.0. The normalized spacial score (nSPS) is 12.0. The number of esters is 1. The molecule has 0 aliphatic heterocycles. The summed E-state index contributed by atoms with van der Waals surface area (Å²) in [7, 11) is 2.95. The van der Waals surface area contributed by atoms with Crippen molar-refractivity contribution in [2.45, 2.75) is 33.1 Å². The van der Waals surface area contributed by atoms with Crippen LogP contribution >= 0.6 is 0 Å². The van der Waals surface area contributed by atoms with E-state index < -0.39 is 0 Å². The lowest BCUT2D eigenvalue weighted by Gasteiger charge is -2.25. The van der Waals surface area contributed by atoms with Gasteiger partial charge in [-0.3, -0.25) is 9.59 Å². The minimum Gasteiger partial charge on any atom is -0.469 e. The first-order valence-electron chi connectivity index (χ1n) is 6.41. The molecule has 0 saturated heterocycles. The largest absolute Gasteiger partial charge is 0.469 e. The minimum atomic E-state index is -0.298. The van der Waals surface area contributed by atoms with Crippen molar-refractivity contribution in [2.75, 3.05) is 33.9 Å². The third-order valence-electron chi connectivity index (χ3n) is 2.83. The predicted octanol–water partition coefficient (Wildman–Crippen LogP) is 1.46. The summed E-state index contributed by atoms with van der Waals surface area (Å²) in [4.78, 5) is 25.0. The van der Waals surface area contributed by atoms with Gasteiger partial charge in [-0.2, -0.15) is 0 Å². The Morgan fingerprint density at radius 2 is 1.89 bits per heavy atom. The molecule has 1 atom stereocenters. The topological polar surface area (TPSA) is 55.8 Å². The van der Waals surface area contributed by atoms with Crippen molar-refractivity contribution in [2.24, 2.45) is 5.92 Å². The van der Waals surface area contributed by atoms with Gasteiger partial charge in [0.05, 0.1) is 20.1 Å². The predicted molar refractivity (Wildman–Crippen MR) is 69.2 cm³/mol. The fraction of sp³-hybridized carbons (Fsp3) is 0.846. The zero-order valence-corrected chi connectivity index (χ0v) is 11.9. The van der Waals surface area contributed by atoms with Crippen molar-refractivity contribution >= 4 is 11.9 Å². The summed E-state index contributed by atoms with van der Waals surface area (Å²) in [5.74, 6) is -0.226. The van der Waals surface area contributed by atoms with Gasteiger partial charge in [0.1, 0.15) is 0 Å². The maximum Gasteiger partial charge on any atom is 0.307 e. The van der Waals surface area contributed by atoms with E-state index in [1.807, 2.05) is 6.92 Å². The number of ether oxygens (including phenoxy) is 2. The van der Waals surface area contributed by atoms with Crippen molar-refractivity contribution in [3.63, 3.8) is 0 Å². The maximum absolute atomic E-state index is 12.2. The number of carbonyl (C=O) groups is 2. The van der Waals surface area contributed by atoms with Crippen LogP contribution in [0.5, 0.6) is 0 Å². The van der Waals surface area contributed by atoms with Crippen LogP contribution in [0.1, 0.15) is 33.1 Å². The van der Waals surface area contributed by atoms with Crippen molar-refractivity contribution < 1.29 is 19.1 Å². The fourth-order valence-electron chi connectivity index (χ4n) is 1.73. The van der Waals surface area contributed by atoms with Gasteiger partial charge in [0, 0.05) is 26.1 Å². The molecule has 0 heterocycles. The third kappa shape index (κ3) is 6.59. The van der Waals surface area contributed by atoms with Crippen LogP contribution in [0.3, 0.4) is 0 Å². The number of hydrogen-bond acceptors (Lipinski definition) is 4. The summed E-state index contributed by atoms with van der Waals surface area (Å²) in [5.41, 5.74) is 0. The molecule has 5 nitrogen and oxygen atoms in total. The minimum absolute atomic E-state index is 0.00972. The van der Waals surface area contributed by atoms with E-state index in [-0.39, 0.29) is 24.2 Å². The molecule has 1 amide bonds. The molecule has 0 aromatic carbocycles. The van der Waals surface area contributed by atoms with E-state index in [9.17, 15) is 9.59 Å². The Hall–Kier alpha value is -1.10. The Balaban J connectivity index is 4.36. The van der Waals surface area contributed by atoms with Gasteiger partial charge in [-0.15, -0.1) is 0 Å². The highest BCUT2D eigenvalue weighted by Crippen LogP contribution is 2.10. The third-order valence-corrected chi connectivity index (χ3v) is 2.83. The van der Waals surface area contributed by atoms with Crippen LogP contribution in [0.2, 0.25) is 0 Å². The smallest absolute Gasteiger partial charge is 0.307 e. The first-order valence-corrected chi connectivity index (χ1v) is 6.41. The van der Waals surface area contributed by atoms with Gasteiger partial charge in [-0.1, -0.05) is 20.3 Å². The van der Waals surface area contributed by atoms with Gasteiger partial charge >= 0.3 is 5.97 Å². The van der Waals surface area contributed by atoms with Crippen LogP contribution in [0.4, 0.5) is 0 Å². The SMILES string of the molecule is CCCC(C)C(=O)N(CCOC)CCC(=O)OC. The Labute approximate surface area is 109 Å². The number of carbonyl (C=O) groups excluding carboxylic acids is 2. The fourth-order valence-corrected chi connectivity index (χ4v) is 1.73. The quantitative estimate of drug-likeness (QED) is 0.588. The van der Waals surface area contributed by atoms with E-state index in [1.54, 1.807) is 12.0 Å². The molecule has 0 fully saturated rings. The highest BCUT2D eigenvalue weighted by atomic mass is 16.5. The van der Waals surface area contributed by atoms with Gasteiger partial charge in [0.25, 0.3) is 0 Å². The van der Waals surface area contributed by atoms with Crippen molar-refractivity contribution in [1.82, 2.24) is 4.90 Å². The maximum atomic E-state index is 12.2. The number of methoxy groups -OCH3 is 2. The van der Waals surface area contributed by atoms with Crippen LogP contribution in [0.25, 0.3) is 0 Å². The van der Waals surface area contributed by atoms with E-state index in [4.69, 9.17) is 4.74 Å². The molecule has 0 aromatic rings. The molecular weight excluding hydrogens is 234 g/mol. The standard InChI is InChI=1S/C13H25NO4/c1-5-6-11(2)13(16)14(9-10-17-3)8-7-12(15)18-4/h11H,5-10H2,1-4H3. The first-order chi connectivity index (χ1) is 8.56. The van der Waals surface area contributed by atoms with Crippen molar-refractivity contribution in [3.05, 3.63) is 0 Å². The lowest BCUT2D eigenvalue weighted by atomic mass is 10.0. The van der Waals surface area contributed by atoms with E-state index in [0.29, 0.717) is 19.7 Å². The summed E-state index contributed by atoms with van der Waals surface area (Å²) in [5, 5.41) is 0. The van der Waals surface area contributed by atoms with Gasteiger partial charge in [0.2, 0.25) is 5.91 Å². The van der Waals surface area contributed by atoms with E-state index >= 15 is 0 Å². The van der Waals surface area contributed by atoms with Gasteiger partial charge < -0.3 is 14.4 Å². The molecule has 18 heavy (non-hydrogen) atoms. The number of hydrogen-bond donors (Lipinski definition) is 0. The Kier molecular flexibility index (Phi) is 9.28. The van der Waals surface area contributed by atoms with Crippen molar-refractivity contribution in [3.8, 4) is 0 Å². The van der Waals surface area contributed by atoms with E-state index in [1.165, 1.54) is 7.11 Å². The Bertz CT molecular complexity index is 255. The van der Waals surface area contributed by atoms with E-state index in [0.717, 1.165) is 12.8 Å². The molecule has 0 bridgehead atoms. The lowest BCUT2D eigenvalue weighted by molar-refractivity contribution is -0.142. The van der Waals surface area contributed by atoms with Crippen LogP contribution in [-0.2, 0) is 19.1 Å². The van der Waals surface area contributed by atoms with Crippen molar-refractivity contribution in [1.29, 1.82) is 0 Å². The van der Waals surface area contributed by atoms with Gasteiger partial charge in [-0.05, 0) is 6.42 Å². The second-order valence-corrected chi connectivity index (χ2v) is 4.33. The Morgan fingerprint density at radius 1 is 1.22 bits per heavy atom. The molecule has 0 saturated carbocycles. The number of nitrogens with zero attached hydrogens (tertiary/aromatic N) is 1. The van der Waals surface area contributed by atoms with Crippen LogP contribution in [-0.4, -0.2) is 50.7 Å². The Morgan fingerprint density at radius 3 is 2.39 bits per heavy atom. The highest BCUT2D eigenvalue weighted by molar-refractivity contribution is 5.79. The molecule has 1 unspecified atom stereocenters. The second kappa shape index (κ2) is 9.88. The average Bonchev–Trinajstić information content (AvgIpc) is 2.38. The highest BCUT2D eigenvalue weighted by Gasteiger charge is 2.20. The monoisotopic (exact) mass is 259 g/mol. The van der Waals surface area contributed by atoms with E-state index in [2.05, 4.69) is 11.7 Å². The van der Waals surface area contributed by atoms with Gasteiger partial charge in [-0.25, -0.2) is 0 Å². The summed E-state index contributed by atoms with van der Waals surface area (Å²) < 4.78 is 9.57. The molecule has 5 heteroatoms.